The molecule has 9 heavy (non-hydrogen) atoms. The van der Waals surface area contributed by atoms with Crippen LogP contribution in [-0.4, -0.2) is 18.1 Å². The Morgan fingerprint density at radius 1 is 1.56 bits per heavy atom. The SMILES string of the molecule is CCOC1(CCl)CCC1. The van der Waals surface area contributed by atoms with E-state index in [9.17, 15) is 0 Å². The second-order valence-corrected chi connectivity index (χ2v) is 2.87. The molecule has 0 aromatic heterocycles. The fraction of sp³-hybridized carbons (Fsp3) is 1.00. The third kappa shape index (κ3) is 1.39. The topological polar surface area (TPSA) is 9.23 Å². The summed E-state index contributed by atoms with van der Waals surface area (Å²) in [4.78, 5) is 0. The Morgan fingerprint density at radius 3 is 2.33 bits per heavy atom. The highest BCUT2D eigenvalue weighted by Crippen LogP contribution is 2.36. The first-order chi connectivity index (χ1) is 4.33. The van der Waals surface area contributed by atoms with Gasteiger partial charge in [-0.3, -0.25) is 0 Å². The van der Waals surface area contributed by atoms with Gasteiger partial charge in [0.15, 0.2) is 0 Å². The zero-order chi connectivity index (χ0) is 6.74. The molecule has 0 saturated heterocycles. The summed E-state index contributed by atoms with van der Waals surface area (Å²) in [5.74, 6) is 0.668. The van der Waals surface area contributed by atoms with Crippen molar-refractivity contribution in [1.82, 2.24) is 0 Å². The van der Waals surface area contributed by atoms with Gasteiger partial charge in [0.05, 0.1) is 11.5 Å². The van der Waals surface area contributed by atoms with Crippen LogP contribution in [0.5, 0.6) is 0 Å². The number of alkyl halides is 1. The summed E-state index contributed by atoms with van der Waals surface area (Å²) in [6.07, 6.45) is 3.60. The minimum absolute atomic E-state index is 0.0797. The molecule has 2 heteroatoms. The summed E-state index contributed by atoms with van der Waals surface area (Å²) in [6, 6.07) is 0. The van der Waals surface area contributed by atoms with E-state index in [0.29, 0.717) is 5.88 Å². The van der Waals surface area contributed by atoms with E-state index < -0.39 is 0 Å². The maximum Gasteiger partial charge on any atom is 0.0817 e. The second kappa shape index (κ2) is 2.89. The monoisotopic (exact) mass is 148 g/mol. The lowest BCUT2D eigenvalue weighted by molar-refractivity contribution is -0.0769. The van der Waals surface area contributed by atoms with E-state index >= 15 is 0 Å². The lowest BCUT2D eigenvalue weighted by Crippen LogP contribution is -2.41. The van der Waals surface area contributed by atoms with Crippen molar-refractivity contribution in [2.24, 2.45) is 0 Å². The lowest BCUT2D eigenvalue weighted by atomic mass is 9.82. The highest BCUT2D eigenvalue weighted by Gasteiger charge is 2.36. The minimum Gasteiger partial charge on any atom is -0.374 e. The predicted octanol–water partition coefficient (Wildman–Crippen LogP) is 2.18. The third-order valence-corrected chi connectivity index (χ3v) is 2.45. The normalized spacial score (nSPS) is 23.3. The van der Waals surface area contributed by atoms with Crippen LogP contribution in [-0.2, 0) is 4.74 Å². The van der Waals surface area contributed by atoms with Gasteiger partial charge < -0.3 is 4.74 Å². The Labute approximate surface area is 61.3 Å². The van der Waals surface area contributed by atoms with Gasteiger partial charge >= 0.3 is 0 Å². The summed E-state index contributed by atoms with van der Waals surface area (Å²) in [7, 11) is 0. The Balaban J connectivity index is 2.28. The van der Waals surface area contributed by atoms with Crippen LogP contribution in [0.1, 0.15) is 26.2 Å². The maximum atomic E-state index is 5.71. The van der Waals surface area contributed by atoms with Crippen LogP contribution in [0.4, 0.5) is 0 Å². The second-order valence-electron chi connectivity index (χ2n) is 2.60. The van der Waals surface area contributed by atoms with Gasteiger partial charge in [-0.2, -0.15) is 0 Å². The molecule has 1 saturated carbocycles. The zero-order valence-corrected chi connectivity index (χ0v) is 6.58. The molecule has 0 radical (unpaired) electrons. The highest BCUT2D eigenvalue weighted by atomic mass is 35.5. The number of hydrogen-bond acceptors (Lipinski definition) is 1. The van der Waals surface area contributed by atoms with Gasteiger partial charge in [0.1, 0.15) is 0 Å². The molecular weight excluding hydrogens is 136 g/mol. The number of hydrogen-bond donors (Lipinski definition) is 0. The molecule has 1 aliphatic carbocycles. The van der Waals surface area contributed by atoms with Gasteiger partial charge in [0, 0.05) is 6.61 Å². The first-order valence-corrected chi connectivity index (χ1v) is 4.06. The van der Waals surface area contributed by atoms with Crippen molar-refractivity contribution in [2.75, 3.05) is 12.5 Å². The first-order valence-electron chi connectivity index (χ1n) is 3.53. The molecule has 0 aromatic carbocycles. The van der Waals surface area contributed by atoms with E-state index in [1.54, 1.807) is 0 Å². The first kappa shape index (κ1) is 7.36. The molecule has 0 aliphatic heterocycles. The molecule has 0 amide bonds. The molecule has 54 valence electrons. The van der Waals surface area contributed by atoms with Gasteiger partial charge in [0.2, 0.25) is 0 Å². The van der Waals surface area contributed by atoms with Crippen molar-refractivity contribution in [3.8, 4) is 0 Å². The van der Waals surface area contributed by atoms with Gasteiger partial charge in [-0.15, -0.1) is 11.6 Å². The van der Waals surface area contributed by atoms with Crippen molar-refractivity contribution >= 4 is 11.6 Å². The van der Waals surface area contributed by atoms with Crippen LogP contribution in [0.15, 0.2) is 0 Å². The maximum absolute atomic E-state index is 5.71. The molecule has 0 spiro atoms. The van der Waals surface area contributed by atoms with Crippen LogP contribution in [0, 0.1) is 0 Å². The van der Waals surface area contributed by atoms with Crippen molar-refractivity contribution in [2.45, 2.75) is 31.8 Å². The fourth-order valence-corrected chi connectivity index (χ4v) is 1.54. The summed E-state index contributed by atoms with van der Waals surface area (Å²) in [6.45, 7) is 2.82. The van der Waals surface area contributed by atoms with E-state index in [1.165, 1.54) is 6.42 Å². The van der Waals surface area contributed by atoms with Crippen molar-refractivity contribution < 1.29 is 4.74 Å². The molecule has 0 aromatic rings. The van der Waals surface area contributed by atoms with Crippen LogP contribution < -0.4 is 0 Å². The molecule has 0 bridgehead atoms. The lowest BCUT2D eigenvalue weighted by Gasteiger charge is -2.39. The molecule has 1 rings (SSSR count). The Kier molecular flexibility index (Phi) is 2.36. The van der Waals surface area contributed by atoms with Crippen molar-refractivity contribution in [3.63, 3.8) is 0 Å². The Morgan fingerprint density at radius 2 is 2.22 bits per heavy atom. The number of rotatable bonds is 3. The van der Waals surface area contributed by atoms with E-state index in [0.717, 1.165) is 19.4 Å². The van der Waals surface area contributed by atoms with E-state index in [1.807, 2.05) is 6.92 Å². The summed E-state index contributed by atoms with van der Waals surface area (Å²) in [5.41, 5.74) is 0.0797. The van der Waals surface area contributed by atoms with Gasteiger partial charge in [-0.05, 0) is 26.2 Å². The molecule has 0 unspecified atom stereocenters. The zero-order valence-electron chi connectivity index (χ0n) is 5.82. The van der Waals surface area contributed by atoms with Gasteiger partial charge in [-0.1, -0.05) is 0 Å². The molecule has 1 nitrogen and oxygen atoms in total. The van der Waals surface area contributed by atoms with Gasteiger partial charge in [-0.25, -0.2) is 0 Å². The fourth-order valence-electron chi connectivity index (χ4n) is 1.19. The van der Waals surface area contributed by atoms with Crippen LogP contribution in [0.25, 0.3) is 0 Å². The Hall–Kier alpha value is 0.250. The largest absolute Gasteiger partial charge is 0.374 e. The van der Waals surface area contributed by atoms with Crippen molar-refractivity contribution in [1.29, 1.82) is 0 Å². The quantitative estimate of drug-likeness (QED) is 0.558. The van der Waals surface area contributed by atoms with Crippen molar-refractivity contribution in [3.05, 3.63) is 0 Å². The average molecular weight is 149 g/mol. The summed E-state index contributed by atoms with van der Waals surface area (Å²) < 4.78 is 5.48. The van der Waals surface area contributed by atoms with Gasteiger partial charge in [0.25, 0.3) is 0 Å². The summed E-state index contributed by atoms with van der Waals surface area (Å²) >= 11 is 5.71. The third-order valence-electron chi connectivity index (χ3n) is 1.96. The van der Waals surface area contributed by atoms with Crippen LogP contribution in [0.3, 0.4) is 0 Å². The predicted molar refractivity (Wildman–Crippen MR) is 38.9 cm³/mol. The number of halogens is 1. The highest BCUT2D eigenvalue weighted by molar-refractivity contribution is 6.18. The molecule has 1 fully saturated rings. The molecule has 1 aliphatic rings. The van der Waals surface area contributed by atoms with Crippen LogP contribution in [0.2, 0.25) is 0 Å². The van der Waals surface area contributed by atoms with E-state index in [-0.39, 0.29) is 5.60 Å². The summed E-state index contributed by atoms with van der Waals surface area (Å²) in [5, 5.41) is 0. The van der Waals surface area contributed by atoms with E-state index in [2.05, 4.69) is 0 Å². The smallest absolute Gasteiger partial charge is 0.0817 e. The standard InChI is InChI=1S/C7H13ClO/c1-2-9-7(6-8)4-3-5-7/h2-6H2,1H3. The molecule has 0 heterocycles. The molecule has 0 atom stereocenters. The molecule has 0 N–H and O–H groups in total. The average Bonchev–Trinajstić information content (AvgIpc) is 1.79. The van der Waals surface area contributed by atoms with E-state index in [4.69, 9.17) is 16.3 Å². The molecular formula is C7H13ClO. The van der Waals surface area contributed by atoms with Crippen LogP contribution >= 0.6 is 11.6 Å². The minimum atomic E-state index is 0.0797. The Bertz CT molecular complexity index is 83.4. The number of ether oxygens (including phenoxy) is 1.